The average Bonchev–Trinajstić information content (AvgIpc) is 2.93. The van der Waals surface area contributed by atoms with Crippen LogP contribution in [0, 0.1) is 17.1 Å². The first-order chi connectivity index (χ1) is 18.4. The van der Waals surface area contributed by atoms with Crippen molar-refractivity contribution in [2.75, 3.05) is 13.1 Å². The average molecular weight is 570 g/mol. The molecule has 1 aliphatic heterocycles. The van der Waals surface area contributed by atoms with Gasteiger partial charge in [0.25, 0.3) is 5.91 Å². The molecule has 204 valence electrons. The molecule has 0 atom stereocenters. The molecule has 0 aromatic heterocycles. The Bertz CT molecular complexity index is 1620. The maximum Gasteiger partial charge on any atom is 0.253 e. The number of sulfone groups is 1. The van der Waals surface area contributed by atoms with Crippen LogP contribution in [0.2, 0.25) is 0 Å². The third-order valence-corrected chi connectivity index (χ3v) is 10.0. The van der Waals surface area contributed by atoms with Crippen LogP contribution < -0.4 is 4.72 Å². The molecule has 1 amide bonds. The highest BCUT2D eigenvalue weighted by Crippen LogP contribution is 2.30. The Hall–Kier alpha value is -3.59. The molecular formula is C28H28FN3O5S2. The van der Waals surface area contributed by atoms with E-state index in [1.807, 2.05) is 19.9 Å². The molecule has 0 radical (unpaired) electrons. The number of carbonyl (C=O) groups is 1. The summed E-state index contributed by atoms with van der Waals surface area (Å²) in [6, 6.07) is 16.3. The lowest BCUT2D eigenvalue weighted by atomic mass is 10.0. The van der Waals surface area contributed by atoms with E-state index in [-0.39, 0.29) is 26.5 Å². The van der Waals surface area contributed by atoms with Crippen molar-refractivity contribution in [3.05, 3.63) is 89.2 Å². The van der Waals surface area contributed by atoms with Crippen LogP contribution in [-0.4, -0.2) is 46.8 Å². The highest BCUT2D eigenvalue weighted by Gasteiger charge is 2.30. The molecule has 1 saturated heterocycles. The Balaban J connectivity index is 1.53. The van der Waals surface area contributed by atoms with Crippen molar-refractivity contribution in [2.45, 2.75) is 53.3 Å². The van der Waals surface area contributed by atoms with E-state index >= 15 is 0 Å². The van der Waals surface area contributed by atoms with Crippen LogP contribution in [0.4, 0.5) is 4.39 Å². The van der Waals surface area contributed by atoms with Crippen LogP contribution in [0.15, 0.2) is 81.4 Å². The number of benzene rings is 3. The van der Waals surface area contributed by atoms with Crippen molar-refractivity contribution < 1.29 is 26.0 Å². The predicted octanol–water partition coefficient (Wildman–Crippen LogP) is 4.24. The fraction of sp³-hybridized carbons (Fsp3) is 0.286. The fourth-order valence-electron chi connectivity index (χ4n) is 4.49. The number of halogens is 1. The Morgan fingerprint density at radius 2 is 1.54 bits per heavy atom. The molecule has 8 nitrogen and oxygen atoms in total. The summed E-state index contributed by atoms with van der Waals surface area (Å²) in [5.41, 5.74) is 1.37. The number of hydrogen-bond donors (Lipinski definition) is 1. The molecule has 0 saturated carbocycles. The summed E-state index contributed by atoms with van der Waals surface area (Å²) < 4.78 is 69.4. The van der Waals surface area contributed by atoms with Gasteiger partial charge >= 0.3 is 0 Å². The lowest BCUT2D eigenvalue weighted by Gasteiger charge is -2.32. The quantitative estimate of drug-likeness (QED) is 0.425. The lowest BCUT2D eigenvalue weighted by molar-refractivity contribution is 0.0711. The molecule has 1 fully saturated rings. The van der Waals surface area contributed by atoms with Gasteiger partial charge in [-0.3, -0.25) is 4.79 Å². The summed E-state index contributed by atoms with van der Waals surface area (Å²) in [5, 5.41) is 8.94. The maximum absolute atomic E-state index is 13.5. The predicted molar refractivity (Wildman–Crippen MR) is 143 cm³/mol. The van der Waals surface area contributed by atoms with Crippen LogP contribution in [-0.2, 0) is 19.9 Å². The van der Waals surface area contributed by atoms with E-state index in [9.17, 15) is 26.0 Å². The number of carbonyl (C=O) groups excluding carboxylic acids is 1. The van der Waals surface area contributed by atoms with E-state index in [4.69, 9.17) is 5.26 Å². The second kappa shape index (κ2) is 11.3. The van der Waals surface area contributed by atoms with Crippen LogP contribution in [0.3, 0.4) is 0 Å². The number of nitriles is 1. The van der Waals surface area contributed by atoms with Crippen molar-refractivity contribution in [3.8, 4) is 6.07 Å². The van der Waals surface area contributed by atoms with Gasteiger partial charge in [0.1, 0.15) is 5.82 Å². The largest absolute Gasteiger partial charge is 0.339 e. The van der Waals surface area contributed by atoms with Crippen molar-refractivity contribution in [1.82, 2.24) is 9.62 Å². The van der Waals surface area contributed by atoms with E-state index in [2.05, 4.69) is 4.72 Å². The van der Waals surface area contributed by atoms with Gasteiger partial charge < -0.3 is 4.90 Å². The molecule has 0 aliphatic carbocycles. The monoisotopic (exact) mass is 569 g/mol. The number of rotatable bonds is 7. The van der Waals surface area contributed by atoms with E-state index in [1.165, 1.54) is 12.1 Å². The molecule has 0 bridgehead atoms. The topological polar surface area (TPSA) is 124 Å². The molecule has 1 N–H and O–H groups in total. The Morgan fingerprint density at radius 3 is 2.10 bits per heavy atom. The van der Waals surface area contributed by atoms with Gasteiger partial charge in [0.2, 0.25) is 19.9 Å². The summed E-state index contributed by atoms with van der Waals surface area (Å²) >= 11 is 0. The smallest absolute Gasteiger partial charge is 0.253 e. The van der Waals surface area contributed by atoms with Crippen molar-refractivity contribution in [1.29, 1.82) is 5.26 Å². The molecule has 1 aliphatic rings. The zero-order chi connectivity index (χ0) is 28.4. The molecule has 4 rings (SSSR count). The first-order valence-corrected chi connectivity index (χ1v) is 15.4. The Labute approximate surface area is 228 Å². The number of hydrogen-bond acceptors (Lipinski definition) is 6. The van der Waals surface area contributed by atoms with Crippen LogP contribution in [0.5, 0.6) is 0 Å². The van der Waals surface area contributed by atoms with Gasteiger partial charge in [0.05, 0.1) is 26.3 Å². The van der Waals surface area contributed by atoms with Gasteiger partial charge in [-0.15, -0.1) is 0 Å². The number of nitrogens with one attached hydrogen (secondary N) is 1. The third kappa shape index (κ3) is 6.19. The third-order valence-electron chi connectivity index (χ3n) is 6.70. The minimum Gasteiger partial charge on any atom is -0.339 e. The molecule has 1 heterocycles. The maximum atomic E-state index is 13.5. The normalized spacial score (nSPS) is 14.8. The van der Waals surface area contributed by atoms with Crippen LogP contribution >= 0.6 is 0 Å². The van der Waals surface area contributed by atoms with Gasteiger partial charge in [-0.1, -0.05) is 19.9 Å². The molecular weight excluding hydrogens is 541 g/mol. The molecule has 3 aromatic rings. The number of piperidine rings is 1. The van der Waals surface area contributed by atoms with Gasteiger partial charge in [-0.05, 0) is 85.0 Å². The van der Waals surface area contributed by atoms with E-state index in [0.29, 0.717) is 42.6 Å². The van der Waals surface area contributed by atoms with Gasteiger partial charge in [-0.25, -0.2) is 25.9 Å². The number of sulfonamides is 1. The minimum absolute atomic E-state index is 0.128. The lowest BCUT2D eigenvalue weighted by Crippen LogP contribution is -2.46. The second-order valence-corrected chi connectivity index (χ2v) is 13.3. The first kappa shape index (κ1) is 28.4. The van der Waals surface area contributed by atoms with E-state index < -0.39 is 31.7 Å². The minimum atomic E-state index is -4.11. The van der Waals surface area contributed by atoms with Crippen LogP contribution in [0.25, 0.3) is 0 Å². The highest BCUT2D eigenvalue weighted by atomic mass is 32.2. The van der Waals surface area contributed by atoms with Gasteiger partial charge in [0, 0.05) is 24.7 Å². The summed E-state index contributed by atoms with van der Waals surface area (Å²) in [5.74, 6) is -0.978. The molecule has 0 spiro atoms. The Morgan fingerprint density at radius 1 is 0.949 bits per heavy atom. The molecule has 39 heavy (non-hydrogen) atoms. The number of amides is 1. The number of likely N-dealkylation sites (tertiary alicyclic amines) is 1. The second-order valence-electron chi connectivity index (χ2n) is 9.69. The molecule has 0 unspecified atom stereocenters. The van der Waals surface area contributed by atoms with Crippen LogP contribution in [0.1, 0.15) is 54.1 Å². The Kier molecular flexibility index (Phi) is 8.20. The fourth-order valence-corrected chi connectivity index (χ4v) is 7.55. The zero-order valence-corrected chi connectivity index (χ0v) is 23.1. The molecule has 11 heteroatoms. The van der Waals surface area contributed by atoms with Crippen molar-refractivity contribution in [3.63, 3.8) is 0 Å². The van der Waals surface area contributed by atoms with Gasteiger partial charge in [-0.2, -0.15) is 5.26 Å². The summed E-state index contributed by atoms with van der Waals surface area (Å²) in [6.45, 7) is 4.30. The molecule has 3 aromatic carbocycles. The van der Waals surface area contributed by atoms with Crippen molar-refractivity contribution in [2.24, 2.45) is 0 Å². The van der Waals surface area contributed by atoms with Gasteiger partial charge in [0.15, 0.2) is 0 Å². The standard InChI is InChI=1S/C28H28FN3O5S2/c1-19(2)26-12-11-25(38(34,35)24-9-7-22(29)8-10-24)17-27(26)39(36,37)31-23-13-15-32(16-14-23)28(33)21-5-3-20(18-30)4-6-21/h3-12,17,19,23,31H,13-16H2,1-2H3. The SMILES string of the molecule is CC(C)c1ccc(S(=O)(=O)c2ccc(F)cc2)cc1S(=O)(=O)NC1CCN(C(=O)c2ccc(C#N)cc2)CC1. The zero-order valence-electron chi connectivity index (χ0n) is 21.5. The van der Waals surface area contributed by atoms with Crippen molar-refractivity contribution >= 4 is 25.8 Å². The summed E-state index contributed by atoms with van der Waals surface area (Å²) in [7, 11) is -8.20. The van der Waals surface area contributed by atoms with E-state index in [1.54, 1.807) is 29.2 Å². The highest BCUT2D eigenvalue weighted by molar-refractivity contribution is 7.91. The first-order valence-electron chi connectivity index (χ1n) is 12.4. The number of nitrogens with zero attached hydrogens (tertiary/aromatic N) is 2. The summed E-state index contributed by atoms with van der Waals surface area (Å²) in [4.78, 5) is 14.0. The summed E-state index contributed by atoms with van der Waals surface area (Å²) in [6.07, 6.45) is 0.762. The van der Waals surface area contributed by atoms with E-state index in [0.717, 1.165) is 30.3 Å².